The molecule has 1 heterocycles. The molecule has 0 aliphatic carbocycles. The third-order valence-electron chi connectivity index (χ3n) is 5.87. The van der Waals surface area contributed by atoms with Crippen LogP contribution in [-0.2, 0) is 0 Å². The second kappa shape index (κ2) is 9.18. The minimum Gasteiger partial charge on any atom is -0.478 e. The van der Waals surface area contributed by atoms with Crippen molar-refractivity contribution in [3.05, 3.63) is 101 Å². The zero-order valence-corrected chi connectivity index (χ0v) is 19.0. The quantitative estimate of drug-likeness (QED) is 0.540. The predicted molar refractivity (Wildman–Crippen MR) is 128 cm³/mol. The predicted octanol–water partition coefficient (Wildman–Crippen LogP) is 4.58. The Morgan fingerprint density at radius 1 is 0.938 bits per heavy atom. The van der Waals surface area contributed by atoms with Crippen molar-refractivity contribution >= 4 is 29.2 Å². The smallest absolute Gasteiger partial charge is 0.337 e. The van der Waals surface area contributed by atoms with Crippen LogP contribution in [-0.4, -0.2) is 27.6 Å². The number of nitrogens with zero attached hydrogens (tertiary/aromatic N) is 1. The summed E-state index contributed by atoms with van der Waals surface area (Å²) in [6.45, 7) is 4.28. The molecule has 3 atom stereocenters. The van der Waals surface area contributed by atoms with E-state index in [9.17, 15) is 14.7 Å². The lowest BCUT2D eigenvalue weighted by molar-refractivity contribution is -0.384. The van der Waals surface area contributed by atoms with Gasteiger partial charge in [0.1, 0.15) is 5.25 Å². The number of rotatable bonds is 6. The van der Waals surface area contributed by atoms with Gasteiger partial charge in [0.25, 0.3) is 0 Å². The normalized spacial score (nSPS) is 20.5. The number of thioether (sulfide) groups is 1. The van der Waals surface area contributed by atoms with Crippen molar-refractivity contribution in [3.8, 4) is 0 Å². The topological polar surface area (TPSA) is 85.3 Å². The van der Waals surface area contributed by atoms with Crippen LogP contribution >= 0.6 is 11.8 Å². The fourth-order valence-electron chi connectivity index (χ4n) is 4.20. The molecule has 1 unspecified atom stereocenters. The Morgan fingerprint density at radius 2 is 1.56 bits per heavy atom. The molecule has 4 rings (SSSR count). The zero-order valence-electron chi connectivity index (χ0n) is 18.1. The Hall–Kier alpha value is -3.09. The fraction of sp³-hybridized carbons (Fsp3) is 0.231. The van der Waals surface area contributed by atoms with Gasteiger partial charge >= 0.3 is 5.97 Å². The monoisotopic (exact) mass is 447 g/mol. The van der Waals surface area contributed by atoms with Crippen LogP contribution in [0.25, 0.3) is 0 Å². The maximum atomic E-state index is 13.6. The van der Waals surface area contributed by atoms with E-state index >= 15 is 0 Å². The van der Waals surface area contributed by atoms with E-state index in [2.05, 4.69) is 43.8 Å². The average Bonchev–Trinajstić information content (AvgIpc) is 3.16. The molecule has 1 aliphatic rings. The van der Waals surface area contributed by atoms with Gasteiger partial charge in [-0.1, -0.05) is 92.3 Å². The van der Waals surface area contributed by atoms with Crippen LogP contribution in [0.4, 0.5) is 5.69 Å². The lowest BCUT2D eigenvalue weighted by atomic mass is 9.93. The molecule has 0 radical (unpaired) electrons. The molecule has 164 valence electrons. The summed E-state index contributed by atoms with van der Waals surface area (Å²) in [6.07, 6.45) is 0. The van der Waals surface area contributed by atoms with E-state index < -0.39 is 11.2 Å². The lowest BCUT2D eigenvalue weighted by Crippen LogP contribution is -2.65. The van der Waals surface area contributed by atoms with Gasteiger partial charge in [0.05, 0.1) is 17.3 Å². The van der Waals surface area contributed by atoms with Crippen molar-refractivity contribution in [2.24, 2.45) is 0 Å². The Labute approximate surface area is 192 Å². The van der Waals surface area contributed by atoms with Crippen LogP contribution < -0.4 is 10.6 Å². The molecule has 0 spiro atoms. The van der Waals surface area contributed by atoms with E-state index in [1.165, 1.54) is 17.3 Å². The molecule has 0 amide bonds. The number of carbonyl (C=O) groups excluding carboxylic acids is 1. The molecule has 0 saturated carbocycles. The Balaban J connectivity index is 1.83. The third kappa shape index (κ3) is 4.16. The maximum absolute atomic E-state index is 13.6. The number of carboxylic acids is 1. The summed E-state index contributed by atoms with van der Waals surface area (Å²) >= 11 is 1.48. The molecule has 3 aromatic rings. The summed E-state index contributed by atoms with van der Waals surface area (Å²) < 4.78 is 0. The standard InChI is InChI=1S/C26H26N2O3S/c1-16(2)17-12-14-18(15-13-17)22-24(23(29)19-8-4-3-5-9-19)32-26(27)28(22)21-11-7-6-10-20(21)25(30)31/h3-16,22,24,26H,27H2,1-2H3,(H,30,31)/p+1/t22-,24+,26?/m0/s1. The van der Waals surface area contributed by atoms with Crippen molar-refractivity contribution in [1.82, 2.24) is 0 Å². The SMILES string of the molecule is CC(C)c1ccc([C@H]2[C@H](C(=O)c3ccccc3)SC([NH3+])N2c2ccccc2C(=O)O)cc1. The molecular weight excluding hydrogens is 420 g/mol. The van der Waals surface area contributed by atoms with Crippen molar-refractivity contribution in [1.29, 1.82) is 0 Å². The highest BCUT2D eigenvalue weighted by molar-refractivity contribution is 8.01. The second-order valence-corrected chi connectivity index (χ2v) is 9.56. The first-order valence-corrected chi connectivity index (χ1v) is 11.6. The number of aromatic carboxylic acids is 1. The summed E-state index contributed by atoms with van der Waals surface area (Å²) in [7, 11) is 0. The van der Waals surface area contributed by atoms with Gasteiger partial charge in [-0.05, 0) is 29.2 Å². The molecule has 3 aromatic carbocycles. The van der Waals surface area contributed by atoms with Crippen molar-refractivity contribution in [2.75, 3.05) is 4.90 Å². The van der Waals surface area contributed by atoms with Gasteiger partial charge in [-0.2, -0.15) is 0 Å². The molecule has 1 saturated heterocycles. The van der Waals surface area contributed by atoms with Crippen LogP contribution in [0.15, 0.2) is 78.9 Å². The van der Waals surface area contributed by atoms with E-state index in [4.69, 9.17) is 0 Å². The summed E-state index contributed by atoms with van der Waals surface area (Å²) in [4.78, 5) is 27.5. The summed E-state index contributed by atoms with van der Waals surface area (Å²) in [5.74, 6) is -0.574. The highest BCUT2D eigenvalue weighted by atomic mass is 32.2. The van der Waals surface area contributed by atoms with Gasteiger partial charge in [0.2, 0.25) is 5.50 Å². The van der Waals surface area contributed by atoms with Gasteiger partial charge in [-0.25, -0.2) is 4.79 Å². The molecule has 0 aromatic heterocycles. The molecule has 0 bridgehead atoms. The molecule has 32 heavy (non-hydrogen) atoms. The number of benzene rings is 3. The lowest BCUT2D eigenvalue weighted by Gasteiger charge is -2.30. The number of carbonyl (C=O) groups is 2. The average molecular weight is 448 g/mol. The van der Waals surface area contributed by atoms with E-state index in [1.807, 2.05) is 41.3 Å². The fourth-order valence-corrected chi connectivity index (χ4v) is 5.62. The van der Waals surface area contributed by atoms with Gasteiger partial charge in [-0.3, -0.25) is 4.79 Å². The first kappa shape index (κ1) is 22.1. The van der Waals surface area contributed by atoms with Crippen molar-refractivity contribution in [2.45, 2.75) is 36.6 Å². The van der Waals surface area contributed by atoms with Crippen LogP contribution in [0.1, 0.15) is 57.7 Å². The van der Waals surface area contributed by atoms with Crippen LogP contribution in [0.2, 0.25) is 0 Å². The molecular formula is C26H27N2O3S+. The van der Waals surface area contributed by atoms with E-state index in [0.717, 1.165) is 5.56 Å². The minimum atomic E-state index is -0.996. The molecule has 4 N–H and O–H groups in total. The third-order valence-corrected chi connectivity index (χ3v) is 7.18. The Morgan fingerprint density at radius 3 is 2.19 bits per heavy atom. The first-order valence-electron chi connectivity index (χ1n) is 10.7. The van der Waals surface area contributed by atoms with Gasteiger partial charge in [-0.15, -0.1) is 0 Å². The van der Waals surface area contributed by atoms with Crippen LogP contribution in [0.5, 0.6) is 0 Å². The Bertz CT molecular complexity index is 1120. The van der Waals surface area contributed by atoms with Crippen LogP contribution in [0.3, 0.4) is 0 Å². The number of quaternary nitrogens is 1. The summed E-state index contributed by atoms with van der Waals surface area (Å²) in [5, 5.41) is 9.39. The van der Waals surface area contributed by atoms with E-state index in [-0.39, 0.29) is 22.9 Å². The number of carboxylic acid groups (broad SMARTS) is 1. The van der Waals surface area contributed by atoms with Crippen LogP contribution in [0, 0.1) is 0 Å². The van der Waals surface area contributed by atoms with E-state index in [1.54, 1.807) is 18.2 Å². The first-order chi connectivity index (χ1) is 15.4. The largest absolute Gasteiger partial charge is 0.478 e. The molecule has 5 nitrogen and oxygen atoms in total. The number of para-hydroxylation sites is 1. The number of Topliss-reactive ketones (excluding diaryl/α,β-unsaturated/α-hetero) is 1. The zero-order chi connectivity index (χ0) is 22.8. The summed E-state index contributed by atoms with van der Waals surface area (Å²) in [5.41, 5.74) is 7.59. The maximum Gasteiger partial charge on any atom is 0.337 e. The van der Waals surface area contributed by atoms with Gasteiger partial charge in [0, 0.05) is 5.56 Å². The number of hydrogen-bond acceptors (Lipinski definition) is 4. The molecule has 6 heteroatoms. The minimum absolute atomic E-state index is 0.0255. The van der Waals surface area contributed by atoms with E-state index in [0.29, 0.717) is 17.2 Å². The van der Waals surface area contributed by atoms with Gasteiger partial charge < -0.3 is 15.7 Å². The van der Waals surface area contributed by atoms with Crippen molar-refractivity contribution in [3.63, 3.8) is 0 Å². The highest BCUT2D eigenvalue weighted by Crippen LogP contribution is 2.47. The molecule has 1 fully saturated rings. The second-order valence-electron chi connectivity index (χ2n) is 8.24. The Kier molecular flexibility index (Phi) is 6.35. The van der Waals surface area contributed by atoms with Gasteiger partial charge in [0.15, 0.2) is 5.78 Å². The van der Waals surface area contributed by atoms with Crippen molar-refractivity contribution < 1.29 is 20.4 Å². The molecule has 1 aliphatic heterocycles. The highest BCUT2D eigenvalue weighted by Gasteiger charge is 2.48. The number of anilines is 1. The number of ketones is 1. The summed E-state index contributed by atoms with van der Waals surface area (Å²) in [6, 6.07) is 24.2. The number of hydrogen-bond donors (Lipinski definition) is 2.